The van der Waals surface area contributed by atoms with Crippen molar-refractivity contribution in [2.45, 2.75) is 26.4 Å². The number of carbonyl (C=O) groups is 1. The lowest BCUT2D eigenvalue weighted by Gasteiger charge is -2.21. The van der Waals surface area contributed by atoms with Gasteiger partial charge in [-0.05, 0) is 32.0 Å². The predicted molar refractivity (Wildman–Crippen MR) is 78.3 cm³/mol. The van der Waals surface area contributed by atoms with E-state index in [1.807, 2.05) is 39.1 Å². The molecule has 1 aromatic rings. The minimum Gasteiger partial charge on any atom is -0.493 e. The zero-order valence-corrected chi connectivity index (χ0v) is 12.9. The number of hydrogen-bond donors (Lipinski definition) is 2. The van der Waals surface area contributed by atoms with Crippen LogP contribution in [0, 0.1) is 0 Å². The molecule has 0 aromatic heterocycles. The number of amides is 1. The van der Waals surface area contributed by atoms with Crippen molar-refractivity contribution in [3.8, 4) is 11.5 Å². The van der Waals surface area contributed by atoms with Crippen LogP contribution in [-0.2, 0) is 11.3 Å². The van der Waals surface area contributed by atoms with Crippen LogP contribution in [0.5, 0.6) is 11.5 Å². The Morgan fingerprint density at radius 1 is 1.40 bits per heavy atom. The van der Waals surface area contributed by atoms with E-state index >= 15 is 0 Å². The van der Waals surface area contributed by atoms with Crippen molar-refractivity contribution in [1.29, 1.82) is 0 Å². The number of carbonyl (C=O) groups excluding carboxylic acids is 1. The molecule has 5 nitrogen and oxygen atoms in total. The Morgan fingerprint density at radius 3 is 2.65 bits per heavy atom. The number of benzene rings is 1. The topological polar surface area (TPSA) is 52.0 Å². The lowest BCUT2D eigenvalue weighted by atomic mass is 10.1. The van der Waals surface area contributed by atoms with Gasteiger partial charge in [-0.3, -0.25) is 4.79 Å². The highest BCUT2D eigenvalue weighted by Gasteiger charge is 2.20. The summed E-state index contributed by atoms with van der Waals surface area (Å²) in [6, 6.07) is 5.78. The number of rotatable bonds is 7. The highest BCUT2D eigenvalue weighted by Crippen LogP contribution is 2.27. The third-order valence-corrected chi connectivity index (χ3v) is 3.39. The van der Waals surface area contributed by atoms with E-state index in [1.165, 1.54) is 0 Å². The van der Waals surface area contributed by atoms with Gasteiger partial charge in [0.15, 0.2) is 17.5 Å². The third kappa shape index (κ3) is 4.13. The first-order valence-corrected chi connectivity index (χ1v) is 6.87. The molecule has 2 N–H and O–H groups in total. The van der Waals surface area contributed by atoms with E-state index in [2.05, 4.69) is 5.32 Å². The average molecular weight is 281 g/mol. The lowest BCUT2D eigenvalue weighted by molar-refractivity contribution is -0.908. The summed E-state index contributed by atoms with van der Waals surface area (Å²) in [7, 11) is 5.29. The number of quaternary nitrogens is 1. The van der Waals surface area contributed by atoms with Crippen molar-refractivity contribution in [1.82, 2.24) is 5.32 Å². The number of methoxy groups -OCH3 is 1. The van der Waals surface area contributed by atoms with Crippen LogP contribution in [0.2, 0.25) is 0 Å². The molecule has 20 heavy (non-hydrogen) atoms. The number of likely N-dealkylation sites (N-methyl/N-ethyl adjacent to an activating group) is 2. The first-order valence-electron chi connectivity index (χ1n) is 6.87. The summed E-state index contributed by atoms with van der Waals surface area (Å²) in [4.78, 5) is 12.8. The van der Waals surface area contributed by atoms with Gasteiger partial charge in [0.1, 0.15) is 6.54 Å². The van der Waals surface area contributed by atoms with Crippen LogP contribution < -0.4 is 19.7 Å². The maximum absolute atomic E-state index is 11.6. The van der Waals surface area contributed by atoms with Crippen molar-refractivity contribution in [3.05, 3.63) is 23.8 Å². The Balaban J connectivity index is 2.80. The number of hydrogen-bond acceptors (Lipinski definition) is 3. The summed E-state index contributed by atoms with van der Waals surface area (Å²) in [5.41, 5.74) is 1.11. The minimum absolute atomic E-state index is 0.0420. The summed E-state index contributed by atoms with van der Waals surface area (Å²) in [6.45, 7) is 5.21. The van der Waals surface area contributed by atoms with Gasteiger partial charge in [-0.2, -0.15) is 0 Å². The second-order valence-electron chi connectivity index (χ2n) is 4.78. The summed E-state index contributed by atoms with van der Waals surface area (Å²) in [5.74, 6) is 1.51. The monoisotopic (exact) mass is 281 g/mol. The molecule has 0 spiro atoms. The third-order valence-electron chi connectivity index (χ3n) is 3.39. The summed E-state index contributed by atoms with van der Waals surface area (Å²) in [5, 5.41) is 2.68. The maximum atomic E-state index is 11.6. The quantitative estimate of drug-likeness (QED) is 0.753. The van der Waals surface area contributed by atoms with E-state index in [0.29, 0.717) is 6.61 Å². The fraction of sp³-hybridized carbons (Fsp3) is 0.533. The Bertz CT molecular complexity index is 449. The molecule has 0 radical (unpaired) electrons. The molecule has 0 aliphatic carbocycles. The second-order valence-corrected chi connectivity index (χ2v) is 4.78. The highest BCUT2D eigenvalue weighted by atomic mass is 16.5. The molecule has 1 unspecified atom stereocenters. The lowest BCUT2D eigenvalue weighted by Crippen LogP contribution is -3.12. The largest absolute Gasteiger partial charge is 0.493 e. The van der Waals surface area contributed by atoms with Crippen molar-refractivity contribution < 1.29 is 19.2 Å². The van der Waals surface area contributed by atoms with E-state index in [9.17, 15) is 4.79 Å². The van der Waals surface area contributed by atoms with Gasteiger partial charge in [0.2, 0.25) is 0 Å². The molecule has 0 aliphatic heterocycles. The van der Waals surface area contributed by atoms with Gasteiger partial charge in [0, 0.05) is 12.6 Å². The second kappa shape index (κ2) is 7.75. The molecule has 1 aromatic carbocycles. The molecule has 0 saturated carbocycles. The van der Waals surface area contributed by atoms with Gasteiger partial charge in [0.25, 0.3) is 5.91 Å². The molecular weight excluding hydrogens is 256 g/mol. The van der Waals surface area contributed by atoms with E-state index in [1.54, 1.807) is 14.2 Å². The van der Waals surface area contributed by atoms with Gasteiger partial charge in [-0.15, -0.1) is 0 Å². The summed E-state index contributed by atoms with van der Waals surface area (Å²) in [6.07, 6.45) is 0. The normalized spacial score (nSPS) is 13.4. The smallest absolute Gasteiger partial charge is 0.277 e. The molecule has 1 amide bonds. The Morgan fingerprint density at radius 2 is 2.10 bits per heavy atom. The van der Waals surface area contributed by atoms with Gasteiger partial charge >= 0.3 is 0 Å². The van der Waals surface area contributed by atoms with Gasteiger partial charge < -0.3 is 19.7 Å². The Kier molecular flexibility index (Phi) is 6.31. The van der Waals surface area contributed by atoms with Crippen LogP contribution >= 0.6 is 0 Å². The van der Waals surface area contributed by atoms with Crippen LogP contribution in [0.1, 0.15) is 19.4 Å². The van der Waals surface area contributed by atoms with Crippen molar-refractivity contribution >= 4 is 5.91 Å². The van der Waals surface area contributed by atoms with E-state index in [4.69, 9.17) is 9.47 Å². The zero-order valence-electron chi connectivity index (χ0n) is 12.9. The van der Waals surface area contributed by atoms with E-state index in [-0.39, 0.29) is 11.9 Å². The van der Waals surface area contributed by atoms with Crippen LogP contribution in [-0.4, -0.2) is 39.8 Å². The number of nitrogens with one attached hydrogen (secondary N) is 2. The predicted octanol–water partition coefficient (Wildman–Crippen LogP) is 0.243. The molecule has 0 fully saturated rings. The van der Waals surface area contributed by atoms with Crippen LogP contribution in [0.4, 0.5) is 0 Å². The van der Waals surface area contributed by atoms with E-state index in [0.717, 1.165) is 28.5 Å². The SMILES string of the molecule is CCOc1ccc(C[NH+](C)[C@@H](C)C(=O)NC)cc1OC. The molecule has 0 saturated heterocycles. The molecule has 1 rings (SSSR count). The molecule has 5 heteroatoms. The van der Waals surface area contributed by atoms with Crippen LogP contribution in [0.3, 0.4) is 0 Å². The summed E-state index contributed by atoms with van der Waals surface area (Å²) >= 11 is 0. The highest BCUT2D eigenvalue weighted by molar-refractivity contribution is 5.79. The van der Waals surface area contributed by atoms with E-state index < -0.39 is 0 Å². The number of ether oxygens (including phenoxy) is 2. The average Bonchev–Trinajstić information content (AvgIpc) is 2.47. The Labute approximate surface area is 120 Å². The van der Waals surface area contributed by atoms with Crippen LogP contribution in [0.25, 0.3) is 0 Å². The molecule has 0 heterocycles. The first kappa shape index (κ1) is 16.3. The van der Waals surface area contributed by atoms with Crippen molar-refractivity contribution in [3.63, 3.8) is 0 Å². The van der Waals surface area contributed by atoms with Crippen molar-refractivity contribution in [2.75, 3.05) is 27.8 Å². The maximum Gasteiger partial charge on any atom is 0.277 e. The standard InChI is InChI=1S/C15H24N2O3/c1-6-20-13-8-7-12(9-14(13)19-5)10-17(4)11(2)15(18)16-3/h7-9,11H,6,10H2,1-5H3,(H,16,18)/p+1/t11-/m0/s1. The van der Waals surface area contributed by atoms with Gasteiger partial charge in [0.05, 0.1) is 20.8 Å². The fourth-order valence-electron chi connectivity index (χ4n) is 2.01. The Hall–Kier alpha value is -1.75. The minimum atomic E-state index is -0.0995. The van der Waals surface area contributed by atoms with Crippen molar-refractivity contribution in [2.24, 2.45) is 0 Å². The molecular formula is C15H25N2O3+. The zero-order chi connectivity index (χ0) is 15.1. The fourth-order valence-corrected chi connectivity index (χ4v) is 2.01. The first-order chi connectivity index (χ1) is 9.53. The molecule has 0 bridgehead atoms. The van der Waals surface area contributed by atoms with Gasteiger partial charge in [-0.1, -0.05) is 0 Å². The molecule has 112 valence electrons. The molecule has 0 aliphatic rings. The summed E-state index contributed by atoms with van der Waals surface area (Å²) < 4.78 is 10.8. The van der Waals surface area contributed by atoms with Crippen LogP contribution in [0.15, 0.2) is 18.2 Å². The molecule has 2 atom stereocenters. The van der Waals surface area contributed by atoms with Gasteiger partial charge in [-0.25, -0.2) is 0 Å².